The van der Waals surface area contributed by atoms with E-state index in [1.54, 1.807) is 22.9 Å². The summed E-state index contributed by atoms with van der Waals surface area (Å²) >= 11 is 11.2. The third kappa shape index (κ3) is 1.91. The third-order valence-corrected chi connectivity index (χ3v) is 3.25. The molecule has 4 nitrogen and oxygen atoms in total. The number of hydrogen-bond donors (Lipinski definition) is 1. The van der Waals surface area contributed by atoms with Gasteiger partial charge in [-0.3, -0.25) is 4.57 Å². The molecule has 6 heteroatoms. The smallest absolute Gasteiger partial charge is 0.184 e. The highest BCUT2D eigenvalue weighted by atomic mass is 35.5. The second kappa shape index (κ2) is 4.50. The number of fused-ring (bicyclic) bond motifs is 1. The Hall–Kier alpha value is -2.16. The number of rotatable bonds is 1. The number of imidazole rings is 1. The van der Waals surface area contributed by atoms with Crippen molar-refractivity contribution in [2.45, 2.75) is 0 Å². The van der Waals surface area contributed by atoms with Crippen molar-refractivity contribution in [2.75, 3.05) is 0 Å². The van der Waals surface area contributed by atoms with Crippen molar-refractivity contribution in [2.24, 2.45) is 0 Å². The fraction of sp³-hybridized carbons (Fsp3) is 0. The van der Waals surface area contributed by atoms with Gasteiger partial charge in [0.15, 0.2) is 10.4 Å². The van der Waals surface area contributed by atoms with Gasteiger partial charge >= 0.3 is 0 Å². The van der Waals surface area contributed by atoms with Crippen LogP contribution in [0.4, 0.5) is 0 Å². The Morgan fingerprint density at radius 1 is 1.37 bits per heavy atom. The predicted octanol–water partition coefficient (Wildman–Crippen LogP) is 3.61. The van der Waals surface area contributed by atoms with E-state index >= 15 is 0 Å². The van der Waals surface area contributed by atoms with Crippen LogP contribution in [-0.2, 0) is 0 Å². The van der Waals surface area contributed by atoms with Crippen LogP contribution in [0.3, 0.4) is 0 Å². The minimum atomic E-state index is 0.479. The lowest BCUT2D eigenvalue weighted by atomic mass is 10.2. The molecule has 1 N–H and O–H groups in total. The van der Waals surface area contributed by atoms with Crippen molar-refractivity contribution in [3.8, 4) is 11.8 Å². The highest BCUT2D eigenvalue weighted by Gasteiger charge is 2.11. The standard InChI is InChI=1S/C13H7ClN4S/c14-9-5-10-12(16-7-9)18(13(19)17-10)11-4-2-1-3-8(11)6-15/h1-5,7H,(H,17,19). The first-order valence-electron chi connectivity index (χ1n) is 5.46. The number of aromatic amines is 1. The first-order valence-corrected chi connectivity index (χ1v) is 6.25. The van der Waals surface area contributed by atoms with Gasteiger partial charge in [0.25, 0.3) is 0 Å². The first-order chi connectivity index (χ1) is 9.20. The SMILES string of the molecule is N#Cc1ccccc1-n1c(=S)[nH]c2cc(Cl)cnc21. The van der Waals surface area contributed by atoms with Gasteiger partial charge < -0.3 is 4.98 Å². The molecular weight excluding hydrogens is 280 g/mol. The lowest BCUT2D eigenvalue weighted by Crippen LogP contribution is -1.98. The summed E-state index contributed by atoms with van der Waals surface area (Å²) in [7, 11) is 0. The molecular formula is C13H7ClN4S. The number of aromatic nitrogens is 3. The zero-order valence-electron chi connectivity index (χ0n) is 9.59. The van der Waals surface area contributed by atoms with Crippen molar-refractivity contribution < 1.29 is 0 Å². The molecule has 0 amide bonds. The summed E-state index contributed by atoms with van der Waals surface area (Å²) in [6.45, 7) is 0. The molecule has 0 saturated carbocycles. The Labute approximate surface area is 118 Å². The Bertz CT molecular complexity index is 872. The molecule has 3 rings (SSSR count). The average Bonchev–Trinajstić information content (AvgIpc) is 2.73. The lowest BCUT2D eigenvalue weighted by Gasteiger charge is -2.05. The van der Waals surface area contributed by atoms with Crippen molar-refractivity contribution in [3.63, 3.8) is 0 Å². The van der Waals surface area contributed by atoms with E-state index in [1.165, 1.54) is 0 Å². The van der Waals surface area contributed by atoms with Gasteiger partial charge in [0.1, 0.15) is 6.07 Å². The predicted molar refractivity (Wildman–Crippen MR) is 76.0 cm³/mol. The first kappa shape index (κ1) is 11.9. The minimum absolute atomic E-state index is 0.479. The summed E-state index contributed by atoms with van der Waals surface area (Å²) in [4.78, 5) is 7.32. The lowest BCUT2D eigenvalue weighted by molar-refractivity contribution is 1.04. The van der Waals surface area contributed by atoms with E-state index in [2.05, 4.69) is 16.0 Å². The summed E-state index contributed by atoms with van der Waals surface area (Å²) in [5.41, 5.74) is 2.63. The van der Waals surface area contributed by atoms with Gasteiger partial charge in [-0.2, -0.15) is 5.26 Å². The summed E-state index contributed by atoms with van der Waals surface area (Å²) in [5.74, 6) is 0. The molecule has 0 unspecified atom stereocenters. The minimum Gasteiger partial charge on any atom is -0.329 e. The number of hydrogen-bond acceptors (Lipinski definition) is 3. The van der Waals surface area contributed by atoms with Crippen molar-refractivity contribution in [3.05, 3.63) is 51.9 Å². The fourth-order valence-electron chi connectivity index (χ4n) is 1.96. The zero-order valence-corrected chi connectivity index (χ0v) is 11.2. The van der Waals surface area contributed by atoms with Crippen LogP contribution < -0.4 is 0 Å². The molecule has 0 bridgehead atoms. The molecule has 2 heterocycles. The Morgan fingerprint density at radius 3 is 2.95 bits per heavy atom. The van der Waals surface area contributed by atoms with Crippen LogP contribution in [0.15, 0.2) is 36.5 Å². The highest BCUT2D eigenvalue weighted by molar-refractivity contribution is 7.71. The molecule has 0 aliphatic heterocycles. The van der Waals surface area contributed by atoms with Gasteiger partial charge in [-0.25, -0.2) is 4.98 Å². The molecule has 92 valence electrons. The third-order valence-electron chi connectivity index (χ3n) is 2.76. The molecule has 19 heavy (non-hydrogen) atoms. The number of halogens is 1. The van der Waals surface area contributed by atoms with E-state index in [4.69, 9.17) is 23.8 Å². The summed E-state index contributed by atoms with van der Waals surface area (Å²) in [6.07, 6.45) is 1.55. The van der Waals surface area contributed by atoms with Crippen LogP contribution in [0, 0.1) is 16.1 Å². The quantitative estimate of drug-likeness (QED) is 0.695. The van der Waals surface area contributed by atoms with Crippen LogP contribution >= 0.6 is 23.8 Å². The maximum absolute atomic E-state index is 9.18. The fourth-order valence-corrected chi connectivity index (χ4v) is 2.41. The summed E-state index contributed by atoms with van der Waals surface area (Å²) < 4.78 is 2.21. The average molecular weight is 287 g/mol. The largest absolute Gasteiger partial charge is 0.329 e. The molecule has 0 atom stereocenters. The summed E-state index contributed by atoms with van der Waals surface area (Å²) in [6, 6.07) is 11.1. The summed E-state index contributed by atoms with van der Waals surface area (Å²) in [5, 5.41) is 9.71. The number of H-pyrrole nitrogens is 1. The van der Waals surface area contributed by atoms with Gasteiger partial charge in [0.2, 0.25) is 0 Å². The highest BCUT2D eigenvalue weighted by Crippen LogP contribution is 2.22. The van der Waals surface area contributed by atoms with Gasteiger partial charge in [-0.15, -0.1) is 0 Å². The number of benzene rings is 1. The van der Waals surface area contributed by atoms with Gasteiger partial charge in [0.05, 0.1) is 21.8 Å². The van der Waals surface area contributed by atoms with E-state index in [1.807, 2.05) is 18.2 Å². The van der Waals surface area contributed by atoms with Gasteiger partial charge in [-0.05, 0) is 30.4 Å². The van der Waals surface area contributed by atoms with Crippen LogP contribution in [0.2, 0.25) is 5.02 Å². The molecule has 2 aromatic heterocycles. The molecule has 3 aromatic rings. The van der Waals surface area contributed by atoms with Crippen LogP contribution in [0.5, 0.6) is 0 Å². The molecule has 0 fully saturated rings. The van der Waals surface area contributed by atoms with E-state index in [0.717, 1.165) is 5.52 Å². The maximum Gasteiger partial charge on any atom is 0.184 e. The van der Waals surface area contributed by atoms with Crippen LogP contribution in [0.1, 0.15) is 5.56 Å². The van der Waals surface area contributed by atoms with Gasteiger partial charge in [-0.1, -0.05) is 23.7 Å². The topological polar surface area (TPSA) is 57.4 Å². The molecule has 0 aliphatic carbocycles. The van der Waals surface area contributed by atoms with Crippen molar-refractivity contribution in [1.82, 2.24) is 14.5 Å². The molecule has 0 radical (unpaired) electrons. The van der Waals surface area contributed by atoms with Crippen molar-refractivity contribution in [1.29, 1.82) is 5.26 Å². The van der Waals surface area contributed by atoms with E-state index in [-0.39, 0.29) is 0 Å². The molecule has 1 aromatic carbocycles. The monoisotopic (exact) mass is 286 g/mol. The number of para-hydroxylation sites is 1. The van der Waals surface area contributed by atoms with Crippen LogP contribution in [-0.4, -0.2) is 14.5 Å². The number of nitrogens with one attached hydrogen (secondary N) is 1. The number of nitrogens with zero attached hydrogens (tertiary/aromatic N) is 3. The van der Waals surface area contributed by atoms with E-state index < -0.39 is 0 Å². The van der Waals surface area contributed by atoms with Crippen molar-refractivity contribution >= 4 is 35.0 Å². The Morgan fingerprint density at radius 2 is 2.16 bits per heavy atom. The second-order valence-electron chi connectivity index (χ2n) is 3.92. The normalized spacial score (nSPS) is 10.5. The number of pyridine rings is 1. The van der Waals surface area contributed by atoms with E-state index in [0.29, 0.717) is 26.7 Å². The zero-order chi connectivity index (χ0) is 13.4. The second-order valence-corrected chi connectivity index (χ2v) is 4.74. The Kier molecular flexibility index (Phi) is 2.82. The number of nitriles is 1. The van der Waals surface area contributed by atoms with E-state index in [9.17, 15) is 5.26 Å². The molecule has 0 saturated heterocycles. The Balaban J connectivity index is 2.41. The van der Waals surface area contributed by atoms with Gasteiger partial charge in [0, 0.05) is 6.20 Å². The van der Waals surface area contributed by atoms with Crippen LogP contribution in [0.25, 0.3) is 16.9 Å². The molecule has 0 aliphatic rings. The maximum atomic E-state index is 9.18. The molecule has 0 spiro atoms.